The van der Waals surface area contributed by atoms with Crippen LogP contribution in [0.15, 0.2) is 34.2 Å². The number of aliphatic imine (C=N–C) groups is 1. The number of guanidine groups is 1. The SMILES string of the molecule is CN=C(NCc1cccc(S(N)(=O)=O)c1)N1CCN(C(C)C(F)(F)F)CC1. The van der Waals surface area contributed by atoms with E-state index in [2.05, 4.69) is 10.3 Å². The Hall–Kier alpha value is -1.85. The lowest BCUT2D eigenvalue weighted by Gasteiger charge is -2.39. The maximum absolute atomic E-state index is 12.8. The van der Waals surface area contributed by atoms with Gasteiger partial charge in [-0.25, -0.2) is 13.6 Å². The molecule has 1 saturated heterocycles. The Morgan fingerprint density at radius 1 is 1.30 bits per heavy atom. The smallest absolute Gasteiger partial charge is 0.352 e. The van der Waals surface area contributed by atoms with Gasteiger partial charge in [0.2, 0.25) is 10.0 Å². The van der Waals surface area contributed by atoms with E-state index in [1.807, 2.05) is 4.90 Å². The minimum Gasteiger partial charge on any atom is -0.352 e. The first-order valence-electron chi connectivity index (χ1n) is 8.40. The number of hydrogen-bond acceptors (Lipinski definition) is 4. The fourth-order valence-corrected chi connectivity index (χ4v) is 3.46. The number of piperazine rings is 1. The lowest BCUT2D eigenvalue weighted by molar-refractivity contribution is -0.181. The topological polar surface area (TPSA) is 91.0 Å². The van der Waals surface area contributed by atoms with Crippen molar-refractivity contribution >= 4 is 16.0 Å². The molecule has 1 unspecified atom stereocenters. The molecule has 11 heteroatoms. The summed E-state index contributed by atoms with van der Waals surface area (Å²) in [6.45, 7) is 2.87. The summed E-state index contributed by atoms with van der Waals surface area (Å²) >= 11 is 0. The van der Waals surface area contributed by atoms with Crippen molar-refractivity contribution in [1.82, 2.24) is 15.1 Å². The standard InChI is InChI=1S/C16H24F3N5O2S/c1-12(16(17,18)19)23-6-8-24(9-7-23)15(21-2)22-11-13-4-3-5-14(10-13)27(20,25)26/h3-5,10,12H,6-9,11H2,1-2H3,(H,21,22)(H2,20,25,26). The van der Waals surface area contributed by atoms with E-state index in [9.17, 15) is 21.6 Å². The average molecular weight is 407 g/mol. The molecular formula is C16H24F3N5O2S. The van der Waals surface area contributed by atoms with Crippen molar-refractivity contribution in [2.45, 2.75) is 30.6 Å². The summed E-state index contributed by atoms with van der Waals surface area (Å²) in [5.41, 5.74) is 0.701. The van der Waals surface area contributed by atoms with E-state index in [1.54, 1.807) is 19.2 Å². The first-order chi connectivity index (χ1) is 12.5. The van der Waals surface area contributed by atoms with Crippen LogP contribution in [-0.4, -0.2) is 69.6 Å². The van der Waals surface area contributed by atoms with Gasteiger partial charge < -0.3 is 10.2 Å². The first kappa shape index (κ1) is 21.5. The molecule has 1 fully saturated rings. The maximum atomic E-state index is 12.8. The number of nitrogens with two attached hydrogens (primary N) is 1. The minimum atomic E-state index is -4.24. The van der Waals surface area contributed by atoms with E-state index in [0.29, 0.717) is 31.2 Å². The van der Waals surface area contributed by atoms with Crippen LogP contribution in [0, 0.1) is 0 Å². The van der Waals surface area contributed by atoms with E-state index in [0.717, 1.165) is 0 Å². The fraction of sp³-hybridized carbons (Fsp3) is 0.562. The van der Waals surface area contributed by atoms with Crippen LogP contribution in [0.2, 0.25) is 0 Å². The molecular weight excluding hydrogens is 383 g/mol. The van der Waals surface area contributed by atoms with Crippen LogP contribution in [0.25, 0.3) is 0 Å². The number of hydrogen-bond donors (Lipinski definition) is 2. The van der Waals surface area contributed by atoms with Crippen LogP contribution in [0.5, 0.6) is 0 Å². The number of benzene rings is 1. The molecule has 1 atom stereocenters. The number of alkyl halides is 3. The third-order valence-corrected chi connectivity index (χ3v) is 5.44. The van der Waals surface area contributed by atoms with Gasteiger partial charge in [-0.15, -0.1) is 0 Å². The van der Waals surface area contributed by atoms with Gasteiger partial charge in [-0.1, -0.05) is 12.1 Å². The van der Waals surface area contributed by atoms with Crippen molar-refractivity contribution in [2.75, 3.05) is 33.2 Å². The van der Waals surface area contributed by atoms with Gasteiger partial charge in [0.25, 0.3) is 0 Å². The molecule has 0 aromatic heterocycles. The van der Waals surface area contributed by atoms with Gasteiger partial charge in [-0.05, 0) is 24.6 Å². The van der Waals surface area contributed by atoms with Crippen molar-refractivity contribution < 1.29 is 21.6 Å². The summed E-state index contributed by atoms with van der Waals surface area (Å²) in [5.74, 6) is 0.551. The molecule has 0 saturated carbocycles. The first-order valence-corrected chi connectivity index (χ1v) is 9.95. The Bertz CT molecular complexity index is 775. The van der Waals surface area contributed by atoms with Crippen molar-refractivity contribution in [2.24, 2.45) is 10.1 Å². The number of primary sulfonamides is 1. The summed E-state index contributed by atoms with van der Waals surface area (Å²) in [6, 6.07) is 4.75. The Morgan fingerprint density at radius 2 is 1.93 bits per heavy atom. The van der Waals surface area contributed by atoms with Gasteiger partial charge in [0.1, 0.15) is 6.04 Å². The van der Waals surface area contributed by atoms with Crippen molar-refractivity contribution in [1.29, 1.82) is 0 Å². The molecule has 1 aliphatic rings. The quantitative estimate of drug-likeness (QED) is 0.574. The molecule has 3 N–H and O–H groups in total. The zero-order valence-electron chi connectivity index (χ0n) is 15.2. The Balaban J connectivity index is 1.94. The molecule has 7 nitrogen and oxygen atoms in total. The van der Waals surface area contributed by atoms with Crippen LogP contribution >= 0.6 is 0 Å². The van der Waals surface area contributed by atoms with Gasteiger partial charge >= 0.3 is 6.18 Å². The molecule has 0 bridgehead atoms. The molecule has 152 valence electrons. The van der Waals surface area contributed by atoms with E-state index < -0.39 is 22.2 Å². The highest BCUT2D eigenvalue weighted by Crippen LogP contribution is 2.25. The molecule has 0 amide bonds. The second kappa shape index (κ2) is 8.44. The average Bonchev–Trinajstić information content (AvgIpc) is 2.61. The molecule has 27 heavy (non-hydrogen) atoms. The Kier molecular flexibility index (Phi) is 6.71. The zero-order valence-corrected chi connectivity index (χ0v) is 16.0. The van der Waals surface area contributed by atoms with Crippen molar-refractivity contribution in [3.05, 3.63) is 29.8 Å². The number of halogens is 3. The van der Waals surface area contributed by atoms with E-state index >= 15 is 0 Å². The summed E-state index contributed by atoms with van der Waals surface area (Å²) < 4.78 is 61.4. The lowest BCUT2D eigenvalue weighted by Crippen LogP contribution is -2.56. The minimum absolute atomic E-state index is 0.0199. The summed E-state index contributed by atoms with van der Waals surface area (Å²) in [4.78, 5) is 7.46. The number of rotatable bonds is 4. The monoisotopic (exact) mass is 407 g/mol. The molecule has 0 aliphatic carbocycles. The molecule has 0 spiro atoms. The van der Waals surface area contributed by atoms with E-state index in [-0.39, 0.29) is 18.0 Å². The van der Waals surface area contributed by atoms with Gasteiger partial charge in [-0.2, -0.15) is 13.2 Å². The lowest BCUT2D eigenvalue weighted by atomic mass is 10.2. The second-order valence-corrected chi connectivity index (χ2v) is 7.90. The maximum Gasteiger partial charge on any atom is 0.403 e. The van der Waals surface area contributed by atoms with E-state index in [1.165, 1.54) is 24.0 Å². The molecule has 1 aromatic rings. The highest BCUT2D eigenvalue weighted by atomic mass is 32.2. The zero-order chi connectivity index (χ0) is 20.2. The summed E-state index contributed by atoms with van der Waals surface area (Å²) in [7, 11) is -2.19. The fourth-order valence-electron chi connectivity index (χ4n) is 2.87. The third-order valence-electron chi connectivity index (χ3n) is 4.52. The number of nitrogens with zero attached hydrogens (tertiary/aromatic N) is 3. The van der Waals surface area contributed by atoms with Crippen LogP contribution in [0.4, 0.5) is 13.2 Å². The molecule has 0 radical (unpaired) electrons. The summed E-state index contributed by atoms with van der Waals surface area (Å²) in [5, 5.41) is 8.24. The van der Waals surface area contributed by atoms with Crippen molar-refractivity contribution in [3.63, 3.8) is 0 Å². The van der Waals surface area contributed by atoms with Crippen LogP contribution in [-0.2, 0) is 16.6 Å². The number of nitrogens with one attached hydrogen (secondary N) is 1. The van der Waals surface area contributed by atoms with Gasteiger partial charge in [-0.3, -0.25) is 9.89 Å². The van der Waals surface area contributed by atoms with Gasteiger partial charge in [0.15, 0.2) is 5.96 Å². The van der Waals surface area contributed by atoms with Gasteiger partial charge in [0, 0.05) is 39.8 Å². The normalized spacial score (nSPS) is 18.4. The largest absolute Gasteiger partial charge is 0.403 e. The van der Waals surface area contributed by atoms with Crippen LogP contribution in [0.1, 0.15) is 12.5 Å². The molecule has 1 aliphatic heterocycles. The molecule has 1 heterocycles. The predicted molar refractivity (Wildman–Crippen MR) is 96.7 cm³/mol. The Labute approximate surface area is 157 Å². The molecule has 1 aromatic carbocycles. The molecule has 2 rings (SSSR count). The third kappa shape index (κ3) is 5.81. The van der Waals surface area contributed by atoms with Crippen molar-refractivity contribution in [3.8, 4) is 0 Å². The number of sulfonamides is 1. The van der Waals surface area contributed by atoms with E-state index in [4.69, 9.17) is 5.14 Å². The Morgan fingerprint density at radius 3 is 2.44 bits per heavy atom. The van der Waals surface area contributed by atoms with Crippen LogP contribution < -0.4 is 10.5 Å². The second-order valence-electron chi connectivity index (χ2n) is 6.33. The predicted octanol–water partition coefficient (Wildman–Crippen LogP) is 0.978. The highest BCUT2D eigenvalue weighted by Gasteiger charge is 2.41. The van der Waals surface area contributed by atoms with Gasteiger partial charge in [0.05, 0.1) is 4.90 Å². The highest BCUT2D eigenvalue weighted by molar-refractivity contribution is 7.89. The van der Waals surface area contributed by atoms with Crippen LogP contribution in [0.3, 0.4) is 0 Å². The summed E-state index contributed by atoms with van der Waals surface area (Å²) in [6.07, 6.45) is -4.24.